The third kappa shape index (κ3) is 2.77. The van der Waals surface area contributed by atoms with Crippen LogP contribution in [0.5, 0.6) is 0 Å². The second-order valence-electron chi connectivity index (χ2n) is 11.6. The van der Waals surface area contributed by atoms with Crippen LogP contribution in [0.4, 0.5) is 0 Å². The van der Waals surface area contributed by atoms with E-state index >= 15 is 0 Å². The fourth-order valence-corrected chi connectivity index (χ4v) is 9.42. The van der Waals surface area contributed by atoms with Gasteiger partial charge in [-0.15, -0.1) is 0 Å². The van der Waals surface area contributed by atoms with Gasteiger partial charge in [-0.3, -0.25) is 9.59 Å². The standard InChI is InChI=1S/C24H38O3Si/c1-16(25)24(27-28(4,5)6)14-11-21-19-8-7-17-15-18(26)9-12-22(17,2)20(19)10-13-23(21,24)3/h15,19-21H,7-14H2,1-6H3. The zero-order valence-electron chi connectivity index (χ0n) is 18.7. The molecule has 6 unspecified atom stereocenters. The fraction of sp³-hybridized carbons (Fsp3) is 0.833. The Balaban J connectivity index is 1.70. The lowest BCUT2D eigenvalue weighted by molar-refractivity contribution is -0.155. The van der Waals surface area contributed by atoms with E-state index in [1.165, 1.54) is 18.4 Å². The summed E-state index contributed by atoms with van der Waals surface area (Å²) in [4.78, 5) is 25.1. The molecule has 0 amide bonds. The molecular formula is C24H38O3Si. The molecule has 0 saturated heterocycles. The maximum atomic E-state index is 13.0. The Kier molecular flexibility index (Phi) is 4.67. The fourth-order valence-electron chi connectivity index (χ4n) is 7.90. The molecule has 0 aromatic rings. The zero-order chi connectivity index (χ0) is 20.5. The number of hydrogen-bond acceptors (Lipinski definition) is 3. The number of fused-ring (bicyclic) bond motifs is 5. The van der Waals surface area contributed by atoms with E-state index < -0.39 is 13.9 Å². The summed E-state index contributed by atoms with van der Waals surface area (Å²) < 4.78 is 6.78. The molecule has 0 spiro atoms. The molecule has 4 aliphatic rings. The highest BCUT2D eigenvalue weighted by molar-refractivity contribution is 6.70. The first-order valence-electron chi connectivity index (χ1n) is 11.4. The SMILES string of the molecule is CC(=O)C1(O[Si](C)(C)C)CCC2C3CCC4=CC(=O)CCC4(C)C3CCC21C. The van der Waals surface area contributed by atoms with Gasteiger partial charge in [0, 0.05) is 11.8 Å². The molecule has 0 N–H and O–H groups in total. The molecule has 156 valence electrons. The molecule has 0 aliphatic heterocycles. The van der Waals surface area contributed by atoms with Crippen molar-refractivity contribution in [3.05, 3.63) is 11.6 Å². The van der Waals surface area contributed by atoms with E-state index in [0.717, 1.165) is 32.1 Å². The first-order chi connectivity index (χ1) is 12.9. The third-order valence-electron chi connectivity index (χ3n) is 9.13. The van der Waals surface area contributed by atoms with Gasteiger partial charge >= 0.3 is 0 Å². The first-order valence-corrected chi connectivity index (χ1v) is 14.8. The van der Waals surface area contributed by atoms with Gasteiger partial charge in [0.25, 0.3) is 0 Å². The molecule has 0 aromatic heterocycles. The van der Waals surface area contributed by atoms with Crippen LogP contribution in [0.2, 0.25) is 19.6 Å². The van der Waals surface area contributed by atoms with Crippen molar-refractivity contribution < 1.29 is 14.0 Å². The molecule has 3 nitrogen and oxygen atoms in total. The van der Waals surface area contributed by atoms with Crippen LogP contribution < -0.4 is 0 Å². The van der Waals surface area contributed by atoms with E-state index in [1.54, 1.807) is 6.92 Å². The highest BCUT2D eigenvalue weighted by Gasteiger charge is 2.67. The van der Waals surface area contributed by atoms with Gasteiger partial charge in [0.1, 0.15) is 5.60 Å². The van der Waals surface area contributed by atoms with Gasteiger partial charge in [0.2, 0.25) is 0 Å². The average molecular weight is 403 g/mol. The summed E-state index contributed by atoms with van der Waals surface area (Å²) in [5, 5.41) is 0. The number of Topliss-reactive ketones (excluding diaryl/α,β-unsaturated/α-hetero) is 1. The minimum atomic E-state index is -1.84. The van der Waals surface area contributed by atoms with Crippen molar-refractivity contribution in [2.45, 2.75) is 97.4 Å². The minimum Gasteiger partial charge on any atom is -0.405 e. The first kappa shape index (κ1) is 20.5. The number of carbonyl (C=O) groups is 2. The highest BCUT2D eigenvalue weighted by atomic mass is 28.4. The molecule has 3 fully saturated rings. The molecular weight excluding hydrogens is 364 g/mol. The molecule has 4 aliphatic carbocycles. The molecule has 4 rings (SSSR count). The van der Waals surface area contributed by atoms with Crippen LogP contribution in [-0.2, 0) is 14.0 Å². The topological polar surface area (TPSA) is 43.4 Å². The molecule has 0 aromatic carbocycles. The summed E-state index contributed by atoms with van der Waals surface area (Å²) in [6, 6.07) is 0. The van der Waals surface area contributed by atoms with Crippen LogP contribution in [0.15, 0.2) is 11.6 Å². The number of rotatable bonds is 3. The molecule has 6 atom stereocenters. The van der Waals surface area contributed by atoms with E-state index in [0.29, 0.717) is 30.0 Å². The van der Waals surface area contributed by atoms with Crippen LogP contribution in [-0.4, -0.2) is 25.5 Å². The van der Waals surface area contributed by atoms with Crippen LogP contribution in [0, 0.1) is 28.6 Å². The van der Waals surface area contributed by atoms with Gasteiger partial charge < -0.3 is 4.43 Å². The second kappa shape index (κ2) is 6.38. The zero-order valence-corrected chi connectivity index (χ0v) is 19.7. The van der Waals surface area contributed by atoms with Gasteiger partial charge in [0.05, 0.1) is 0 Å². The van der Waals surface area contributed by atoms with Gasteiger partial charge in [-0.25, -0.2) is 0 Å². The normalized spacial score (nSPS) is 45.7. The lowest BCUT2D eigenvalue weighted by Gasteiger charge is -2.60. The van der Waals surface area contributed by atoms with Gasteiger partial charge in [0.15, 0.2) is 19.9 Å². The van der Waals surface area contributed by atoms with Crippen molar-refractivity contribution in [1.29, 1.82) is 0 Å². The predicted molar refractivity (Wildman–Crippen MR) is 115 cm³/mol. The van der Waals surface area contributed by atoms with Crippen molar-refractivity contribution in [1.82, 2.24) is 0 Å². The summed E-state index contributed by atoms with van der Waals surface area (Å²) in [5.41, 5.74) is 0.997. The Morgan fingerprint density at radius 2 is 1.71 bits per heavy atom. The molecule has 3 saturated carbocycles. The average Bonchev–Trinajstić information content (AvgIpc) is 2.88. The maximum absolute atomic E-state index is 13.0. The Morgan fingerprint density at radius 3 is 2.36 bits per heavy atom. The number of allylic oxidation sites excluding steroid dienone is 1. The van der Waals surface area contributed by atoms with Crippen molar-refractivity contribution in [3.8, 4) is 0 Å². The predicted octanol–water partition coefficient (Wildman–Crippen LogP) is 5.70. The van der Waals surface area contributed by atoms with E-state index in [1.807, 2.05) is 6.08 Å². The number of ketones is 2. The lowest BCUT2D eigenvalue weighted by atomic mass is 9.46. The molecule has 0 heterocycles. The van der Waals surface area contributed by atoms with Crippen LogP contribution >= 0.6 is 0 Å². The van der Waals surface area contributed by atoms with Gasteiger partial charge in [-0.2, -0.15) is 0 Å². The monoisotopic (exact) mass is 402 g/mol. The maximum Gasteiger partial charge on any atom is 0.185 e. The van der Waals surface area contributed by atoms with E-state index in [2.05, 4.69) is 33.5 Å². The Morgan fingerprint density at radius 1 is 1.04 bits per heavy atom. The highest BCUT2D eigenvalue weighted by Crippen LogP contribution is 2.68. The van der Waals surface area contributed by atoms with E-state index in [9.17, 15) is 9.59 Å². The number of hydrogen-bond donors (Lipinski definition) is 0. The van der Waals surface area contributed by atoms with Crippen molar-refractivity contribution in [2.75, 3.05) is 0 Å². The van der Waals surface area contributed by atoms with Crippen LogP contribution in [0.25, 0.3) is 0 Å². The van der Waals surface area contributed by atoms with Crippen molar-refractivity contribution in [3.63, 3.8) is 0 Å². The number of carbonyl (C=O) groups excluding carboxylic acids is 2. The molecule has 0 bridgehead atoms. The summed E-state index contributed by atoms with van der Waals surface area (Å²) in [6.45, 7) is 13.2. The Labute approximate surface area is 171 Å². The van der Waals surface area contributed by atoms with Gasteiger partial charge in [-0.1, -0.05) is 19.4 Å². The van der Waals surface area contributed by atoms with Crippen LogP contribution in [0.3, 0.4) is 0 Å². The molecule has 4 heteroatoms. The van der Waals surface area contributed by atoms with Crippen molar-refractivity contribution in [2.24, 2.45) is 28.6 Å². The third-order valence-corrected chi connectivity index (χ3v) is 10.1. The quantitative estimate of drug-likeness (QED) is 0.569. The molecule has 0 radical (unpaired) electrons. The Bertz CT molecular complexity index is 735. The summed E-state index contributed by atoms with van der Waals surface area (Å²) >= 11 is 0. The van der Waals surface area contributed by atoms with E-state index in [4.69, 9.17) is 4.43 Å². The van der Waals surface area contributed by atoms with Crippen LogP contribution in [0.1, 0.15) is 72.1 Å². The van der Waals surface area contributed by atoms with Gasteiger partial charge in [-0.05, 0) is 101 Å². The summed E-state index contributed by atoms with van der Waals surface area (Å²) in [5.74, 6) is 2.48. The minimum absolute atomic E-state index is 0.0393. The summed E-state index contributed by atoms with van der Waals surface area (Å²) in [7, 11) is -1.84. The lowest BCUT2D eigenvalue weighted by Crippen LogP contribution is -2.60. The molecule has 28 heavy (non-hydrogen) atoms. The Hall–Kier alpha value is -0.743. The summed E-state index contributed by atoms with van der Waals surface area (Å²) in [6.07, 6.45) is 10.2. The van der Waals surface area contributed by atoms with Crippen molar-refractivity contribution >= 4 is 19.9 Å². The second-order valence-corrected chi connectivity index (χ2v) is 16.0. The van der Waals surface area contributed by atoms with E-state index in [-0.39, 0.29) is 16.6 Å². The smallest absolute Gasteiger partial charge is 0.185 e. The largest absolute Gasteiger partial charge is 0.405 e.